The molecule has 0 unspecified atom stereocenters. The fourth-order valence-corrected chi connectivity index (χ4v) is 2.31. The highest BCUT2D eigenvalue weighted by Crippen LogP contribution is 2.31. The molecule has 1 saturated heterocycles. The largest absolute Gasteiger partial charge is 0.417 e. The van der Waals surface area contributed by atoms with Crippen LogP contribution in [0.5, 0.6) is 5.75 Å². The molecule has 3 rings (SSSR count). The fraction of sp³-hybridized carbons (Fsp3) is 0.188. The van der Waals surface area contributed by atoms with Crippen molar-refractivity contribution < 1.29 is 19.0 Å². The summed E-state index contributed by atoms with van der Waals surface area (Å²) in [6, 6.07) is 13.9. The van der Waals surface area contributed by atoms with Crippen LogP contribution in [-0.2, 0) is 9.47 Å². The summed E-state index contributed by atoms with van der Waals surface area (Å²) in [6.07, 6.45) is -1.11. The number of hydrogen-bond acceptors (Lipinski definition) is 4. The van der Waals surface area contributed by atoms with Gasteiger partial charge in [-0.1, -0.05) is 35.9 Å². The minimum Gasteiger partial charge on any atom is -0.410 e. The first-order valence-corrected chi connectivity index (χ1v) is 7.17. The summed E-state index contributed by atoms with van der Waals surface area (Å²) in [7, 11) is 0. The molecule has 5 nitrogen and oxygen atoms in total. The van der Waals surface area contributed by atoms with Crippen molar-refractivity contribution in [2.24, 2.45) is 0 Å². The highest BCUT2D eigenvalue weighted by Gasteiger charge is 2.22. The number of benzene rings is 2. The van der Waals surface area contributed by atoms with Crippen LogP contribution in [0.2, 0.25) is 5.02 Å². The number of ether oxygens (including phenoxy) is 3. The van der Waals surface area contributed by atoms with E-state index in [1.807, 2.05) is 6.07 Å². The normalized spacial score (nSPS) is 14.8. The van der Waals surface area contributed by atoms with Gasteiger partial charge in [0.2, 0.25) is 0 Å². The molecule has 1 fully saturated rings. The number of carbonyl (C=O) groups is 1. The smallest absolute Gasteiger partial charge is 0.410 e. The molecule has 2 aromatic carbocycles. The lowest BCUT2D eigenvalue weighted by Crippen LogP contribution is -2.18. The van der Waals surface area contributed by atoms with Gasteiger partial charge in [-0.2, -0.15) is 0 Å². The third kappa shape index (κ3) is 3.57. The third-order valence-corrected chi connectivity index (χ3v) is 3.30. The molecule has 1 amide bonds. The Morgan fingerprint density at radius 3 is 2.68 bits per heavy atom. The van der Waals surface area contributed by atoms with E-state index in [9.17, 15) is 4.79 Å². The molecule has 0 spiro atoms. The molecular weight excluding hydrogens is 306 g/mol. The van der Waals surface area contributed by atoms with E-state index in [1.54, 1.807) is 42.5 Å². The second-order valence-electron chi connectivity index (χ2n) is 4.64. The first-order valence-electron chi connectivity index (χ1n) is 6.79. The average molecular weight is 320 g/mol. The zero-order valence-corrected chi connectivity index (χ0v) is 12.4. The summed E-state index contributed by atoms with van der Waals surface area (Å²) in [4.78, 5) is 12.0. The predicted octanol–water partition coefficient (Wildman–Crippen LogP) is 4.00. The molecule has 2 aromatic rings. The number of amides is 1. The van der Waals surface area contributed by atoms with Crippen LogP contribution in [0.3, 0.4) is 0 Å². The van der Waals surface area contributed by atoms with Crippen LogP contribution in [0.25, 0.3) is 0 Å². The second kappa shape index (κ2) is 6.79. The van der Waals surface area contributed by atoms with E-state index < -0.39 is 12.4 Å². The van der Waals surface area contributed by atoms with Crippen LogP contribution in [0.1, 0.15) is 11.9 Å². The Labute approximate surface area is 132 Å². The Bertz CT molecular complexity index is 671. The van der Waals surface area contributed by atoms with Crippen molar-refractivity contribution in [3.8, 4) is 5.75 Å². The summed E-state index contributed by atoms with van der Waals surface area (Å²) in [5.41, 5.74) is 1.24. The average Bonchev–Trinajstić information content (AvgIpc) is 3.02. The molecule has 0 bridgehead atoms. The molecule has 6 heteroatoms. The third-order valence-electron chi connectivity index (χ3n) is 3.07. The van der Waals surface area contributed by atoms with Crippen LogP contribution >= 0.6 is 11.6 Å². The molecule has 1 aliphatic heterocycles. The van der Waals surface area contributed by atoms with Gasteiger partial charge in [0, 0.05) is 10.7 Å². The van der Waals surface area contributed by atoms with Crippen molar-refractivity contribution in [3.63, 3.8) is 0 Å². The zero-order valence-electron chi connectivity index (χ0n) is 11.6. The number of hydrogen-bond donors (Lipinski definition) is 1. The van der Waals surface area contributed by atoms with E-state index in [4.69, 9.17) is 25.8 Å². The van der Waals surface area contributed by atoms with Gasteiger partial charge in [0.05, 0.1) is 18.8 Å². The van der Waals surface area contributed by atoms with Gasteiger partial charge in [-0.05, 0) is 24.3 Å². The Kier molecular flexibility index (Phi) is 4.58. The van der Waals surface area contributed by atoms with Gasteiger partial charge in [-0.15, -0.1) is 0 Å². The highest BCUT2D eigenvalue weighted by molar-refractivity contribution is 6.30. The predicted molar refractivity (Wildman–Crippen MR) is 82.2 cm³/mol. The van der Waals surface area contributed by atoms with Crippen molar-refractivity contribution in [2.75, 3.05) is 18.5 Å². The maximum atomic E-state index is 12.0. The van der Waals surface area contributed by atoms with Crippen molar-refractivity contribution in [2.45, 2.75) is 6.29 Å². The molecule has 22 heavy (non-hydrogen) atoms. The maximum absolute atomic E-state index is 12.0. The summed E-state index contributed by atoms with van der Waals surface area (Å²) in [5.74, 6) is 0.397. The molecule has 0 radical (unpaired) electrons. The number of nitrogens with one attached hydrogen (secondary N) is 1. The van der Waals surface area contributed by atoms with E-state index in [1.165, 1.54) is 0 Å². The van der Waals surface area contributed by atoms with Crippen molar-refractivity contribution in [3.05, 3.63) is 59.1 Å². The van der Waals surface area contributed by atoms with Gasteiger partial charge in [-0.3, -0.25) is 5.32 Å². The minimum absolute atomic E-state index is 0.397. The molecule has 0 aliphatic carbocycles. The quantitative estimate of drug-likeness (QED) is 0.929. The lowest BCUT2D eigenvalue weighted by atomic mass is 10.2. The Morgan fingerprint density at radius 2 is 1.91 bits per heavy atom. The minimum atomic E-state index is -0.604. The number of halogens is 1. The molecular formula is C16H14ClNO4. The monoisotopic (exact) mass is 319 g/mol. The van der Waals surface area contributed by atoms with Gasteiger partial charge >= 0.3 is 6.09 Å². The topological polar surface area (TPSA) is 56.8 Å². The van der Waals surface area contributed by atoms with Gasteiger partial charge in [0.15, 0.2) is 6.29 Å². The second-order valence-corrected chi connectivity index (χ2v) is 5.07. The van der Waals surface area contributed by atoms with E-state index >= 15 is 0 Å². The number of para-hydroxylation sites is 1. The molecule has 0 atom stereocenters. The van der Waals surface area contributed by atoms with Crippen molar-refractivity contribution in [1.82, 2.24) is 0 Å². The molecule has 0 aromatic heterocycles. The van der Waals surface area contributed by atoms with E-state index in [-0.39, 0.29) is 0 Å². The van der Waals surface area contributed by atoms with Gasteiger partial charge < -0.3 is 14.2 Å². The van der Waals surface area contributed by atoms with E-state index in [2.05, 4.69) is 5.32 Å². The standard InChI is InChI=1S/C16H14ClNO4/c17-11-4-3-5-12(10-11)18-16(19)22-14-7-2-1-6-13(14)15-20-8-9-21-15/h1-7,10,15H,8-9H2,(H,18,19). The van der Waals surface area contributed by atoms with Crippen molar-refractivity contribution >= 4 is 23.4 Å². The molecule has 1 heterocycles. The molecule has 0 saturated carbocycles. The summed E-state index contributed by atoms with van der Waals surface area (Å²) in [5, 5.41) is 3.16. The van der Waals surface area contributed by atoms with E-state index in [0.717, 1.165) is 0 Å². The first kappa shape index (κ1) is 14.8. The van der Waals surface area contributed by atoms with Crippen LogP contribution in [0.15, 0.2) is 48.5 Å². The SMILES string of the molecule is O=C(Nc1cccc(Cl)c1)Oc1ccccc1C1OCCO1. The summed E-state index contributed by atoms with van der Waals surface area (Å²) < 4.78 is 16.2. The summed E-state index contributed by atoms with van der Waals surface area (Å²) >= 11 is 5.87. The summed E-state index contributed by atoms with van der Waals surface area (Å²) in [6.45, 7) is 1.04. The Morgan fingerprint density at radius 1 is 1.14 bits per heavy atom. The lowest BCUT2D eigenvalue weighted by Gasteiger charge is -2.14. The maximum Gasteiger partial charge on any atom is 0.417 e. The highest BCUT2D eigenvalue weighted by atomic mass is 35.5. The van der Waals surface area contributed by atoms with Gasteiger partial charge in [-0.25, -0.2) is 4.79 Å². The first-order chi connectivity index (χ1) is 10.7. The van der Waals surface area contributed by atoms with Crippen LogP contribution in [0, 0.1) is 0 Å². The van der Waals surface area contributed by atoms with Crippen LogP contribution in [0.4, 0.5) is 10.5 Å². The molecule has 114 valence electrons. The number of rotatable bonds is 3. The van der Waals surface area contributed by atoms with Gasteiger partial charge in [0.25, 0.3) is 0 Å². The Balaban J connectivity index is 1.71. The van der Waals surface area contributed by atoms with Crippen LogP contribution < -0.4 is 10.1 Å². The lowest BCUT2D eigenvalue weighted by molar-refractivity contribution is -0.0452. The van der Waals surface area contributed by atoms with Crippen LogP contribution in [-0.4, -0.2) is 19.3 Å². The van der Waals surface area contributed by atoms with Crippen molar-refractivity contribution in [1.29, 1.82) is 0 Å². The Hall–Kier alpha value is -2.08. The number of anilines is 1. The molecule has 1 N–H and O–H groups in total. The van der Waals surface area contributed by atoms with E-state index in [0.29, 0.717) is 35.2 Å². The fourth-order valence-electron chi connectivity index (χ4n) is 2.12. The number of carbonyl (C=O) groups excluding carboxylic acids is 1. The van der Waals surface area contributed by atoms with Gasteiger partial charge in [0.1, 0.15) is 5.75 Å². The molecule has 1 aliphatic rings. The zero-order chi connectivity index (χ0) is 15.4.